The van der Waals surface area contributed by atoms with E-state index in [1.165, 1.54) is 18.5 Å². The molecule has 0 aliphatic heterocycles. The number of aromatic nitrogens is 1. The maximum absolute atomic E-state index is 11.4. The second-order valence-electron chi connectivity index (χ2n) is 4.84. The average Bonchev–Trinajstić information content (AvgIpc) is 3.01. The predicted octanol–water partition coefficient (Wildman–Crippen LogP) is 2.74. The lowest BCUT2D eigenvalue weighted by atomic mass is 10.0. The summed E-state index contributed by atoms with van der Waals surface area (Å²) in [5, 5.41) is 0. The molecule has 1 aromatic rings. The number of hydrogen-bond donors (Lipinski definition) is 1. The molecule has 0 spiro atoms. The molecule has 1 amide bonds. The largest absolute Gasteiger partial charge is 0.366 e. The molecular weight excluding hydrogens is 200 g/mol. The molecule has 2 rings (SSSR count). The van der Waals surface area contributed by atoms with E-state index in [4.69, 9.17) is 5.73 Å². The van der Waals surface area contributed by atoms with Crippen LogP contribution < -0.4 is 5.73 Å². The van der Waals surface area contributed by atoms with E-state index in [1.54, 1.807) is 0 Å². The van der Waals surface area contributed by atoms with Crippen molar-refractivity contribution in [3.8, 4) is 0 Å². The molecule has 0 bridgehead atoms. The smallest absolute Gasteiger partial charge is 0.250 e. The van der Waals surface area contributed by atoms with Crippen LogP contribution in [0, 0.1) is 6.92 Å². The monoisotopic (exact) mass is 220 g/mol. The van der Waals surface area contributed by atoms with Gasteiger partial charge >= 0.3 is 0 Å². The van der Waals surface area contributed by atoms with E-state index in [2.05, 4.69) is 18.4 Å². The van der Waals surface area contributed by atoms with Gasteiger partial charge in [-0.1, -0.05) is 13.8 Å². The second-order valence-corrected chi connectivity index (χ2v) is 4.84. The minimum atomic E-state index is -0.304. The van der Waals surface area contributed by atoms with Crippen LogP contribution in [0.3, 0.4) is 0 Å². The van der Waals surface area contributed by atoms with Crippen LogP contribution in [0.1, 0.15) is 66.8 Å². The first-order valence-corrected chi connectivity index (χ1v) is 6.07. The molecule has 1 atom stereocenters. The molecule has 3 heteroatoms. The summed E-state index contributed by atoms with van der Waals surface area (Å²) in [6.07, 6.45) is 3.56. The number of hydrogen-bond acceptors (Lipinski definition) is 1. The summed E-state index contributed by atoms with van der Waals surface area (Å²) in [5.41, 5.74) is 8.42. The number of rotatable bonds is 4. The van der Waals surface area contributed by atoms with Gasteiger partial charge in [-0.2, -0.15) is 0 Å². The van der Waals surface area contributed by atoms with Crippen molar-refractivity contribution in [2.75, 3.05) is 0 Å². The summed E-state index contributed by atoms with van der Waals surface area (Å²) in [6.45, 7) is 6.39. The summed E-state index contributed by atoms with van der Waals surface area (Å²) >= 11 is 0. The fraction of sp³-hybridized carbons (Fsp3) is 0.615. The Morgan fingerprint density at radius 3 is 2.69 bits per heavy atom. The molecule has 1 aliphatic carbocycles. The normalized spacial score (nSPS) is 17.4. The third-order valence-corrected chi connectivity index (χ3v) is 3.62. The van der Waals surface area contributed by atoms with Gasteiger partial charge in [-0.3, -0.25) is 4.79 Å². The summed E-state index contributed by atoms with van der Waals surface area (Å²) in [7, 11) is 0. The van der Waals surface area contributed by atoms with E-state index in [9.17, 15) is 4.79 Å². The van der Waals surface area contributed by atoms with E-state index in [0.717, 1.165) is 12.1 Å². The Kier molecular flexibility index (Phi) is 2.78. The lowest BCUT2D eigenvalue weighted by Crippen LogP contribution is -2.12. The van der Waals surface area contributed by atoms with E-state index >= 15 is 0 Å². The molecule has 1 heterocycles. The quantitative estimate of drug-likeness (QED) is 0.833. The number of amides is 1. The van der Waals surface area contributed by atoms with Crippen LogP contribution in [0.15, 0.2) is 6.07 Å². The van der Waals surface area contributed by atoms with Gasteiger partial charge in [0.15, 0.2) is 0 Å². The van der Waals surface area contributed by atoms with Crippen molar-refractivity contribution in [3.05, 3.63) is 23.0 Å². The van der Waals surface area contributed by atoms with Gasteiger partial charge in [0.1, 0.15) is 0 Å². The summed E-state index contributed by atoms with van der Waals surface area (Å²) < 4.78 is 2.33. The van der Waals surface area contributed by atoms with Crippen molar-refractivity contribution in [3.63, 3.8) is 0 Å². The third kappa shape index (κ3) is 1.75. The minimum Gasteiger partial charge on any atom is -0.366 e. The standard InChI is InChI=1S/C13H20N2O/c1-4-8(2)12-7-11(13(14)16)9(3)15(12)10-5-6-10/h7-8,10H,4-6H2,1-3H3,(H2,14,16). The Morgan fingerprint density at radius 2 is 2.25 bits per heavy atom. The molecule has 1 aliphatic rings. The van der Waals surface area contributed by atoms with E-state index in [1.807, 2.05) is 13.0 Å². The Labute approximate surface area is 96.6 Å². The van der Waals surface area contributed by atoms with Crippen molar-refractivity contribution < 1.29 is 4.79 Å². The summed E-state index contributed by atoms with van der Waals surface area (Å²) in [5.74, 6) is 0.189. The highest BCUT2D eigenvalue weighted by atomic mass is 16.1. The molecule has 0 saturated heterocycles. The van der Waals surface area contributed by atoms with Crippen molar-refractivity contribution >= 4 is 5.91 Å². The number of nitrogens with zero attached hydrogens (tertiary/aromatic N) is 1. The molecule has 88 valence electrons. The first-order chi connectivity index (χ1) is 7.56. The molecule has 0 radical (unpaired) electrons. The first-order valence-electron chi connectivity index (χ1n) is 6.07. The van der Waals surface area contributed by atoms with Crippen LogP contribution in [-0.2, 0) is 0 Å². The zero-order valence-electron chi connectivity index (χ0n) is 10.3. The molecule has 0 aromatic carbocycles. The van der Waals surface area contributed by atoms with Crippen LogP contribution in [0.4, 0.5) is 0 Å². The Hall–Kier alpha value is -1.25. The molecule has 16 heavy (non-hydrogen) atoms. The Morgan fingerprint density at radius 1 is 1.62 bits per heavy atom. The van der Waals surface area contributed by atoms with Gasteiger partial charge < -0.3 is 10.3 Å². The minimum absolute atomic E-state index is 0.304. The van der Waals surface area contributed by atoms with Gasteiger partial charge in [0.05, 0.1) is 5.56 Å². The lowest BCUT2D eigenvalue weighted by Gasteiger charge is -2.14. The van der Waals surface area contributed by atoms with Crippen LogP contribution in [-0.4, -0.2) is 10.5 Å². The summed E-state index contributed by atoms with van der Waals surface area (Å²) in [4.78, 5) is 11.4. The zero-order chi connectivity index (χ0) is 11.9. The second kappa shape index (κ2) is 3.96. The van der Waals surface area contributed by atoms with Crippen molar-refractivity contribution in [1.29, 1.82) is 0 Å². The number of carbonyl (C=O) groups is 1. The van der Waals surface area contributed by atoms with Crippen LogP contribution in [0.25, 0.3) is 0 Å². The maximum atomic E-state index is 11.4. The predicted molar refractivity (Wildman–Crippen MR) is 64.7 cm³/mol. The van der Waals surface area contributed by atoms with Gasteiger partial charge in [0, 0.05) is 17.4 Å². The van der Waals surface area contributed by atoms with Crippen molar-refractivity contribution in [2.24, 2.45) is 5.73 Å². The van der Waals surface area contributed by atoms with E-state index in [-0.39, 0.29) is 5.91 Å². The zero-order valence-corrected chi connectivity index (χ0v) is 10.3. The van der Waals surface area contributed by atoms with Gasteiger partial charge in [-0.15, -0.1) is 0 Å². The van der Waals surface area contributed by atoms with Gasteiger partial charge in [-0.05, 0) is 38.2 Å². The van der Waals surface area contributed by atoms with Gasteiger partial charge in [-0.25, -0.2) is 0 Å². The molecule has 3 nitrogen and oxygen atoms in total. The van der Waals surface area contributed by atoms with Gasteiger partial charge in [0.25, 0.3) is 5.91 Å². The van der Waals surface area contributed by atoms with Crippen LogP contribution in [0.5, 0.6) is 0 Å². The molecule has 1 aromatic heterocycles. The third-order valence-electron chi connectivity index (χ3n) is 3.62. The number of carbonyl (C=O) groups excluding carboxylic acids is 1. The van der Waals surface area contributed by atoms with Gasteiger partial charge in [0.2, 0.25) is 0 Å². The fourth-order valence-corrected chi connectivity index (χ4v) is 2.30. The van der Waals surface area contributed by atoms with E-state index in [0.29, 0.717) is 17.5 Å². The summed E-state index contributed by atoms with van der Waals surface area (Å²) in [6, 6.07) is 2.60. The molecule has 2 N–H and O–H groups in total. The van der Waals surface area contributed by atoms with Crippen LogP contribution >= 0.6 is 0 Å². The number of primary amides is 1. The SMILES string of the molecule is CCC(C)c1cc(C(N)=O)c(C)n1C1CC1. The highest BCUT2D eigenvalue weighted by Gasteiger charge is 2.30. The highest BCUT2D eigenvalue weighted by molar-refractivity contribution is 5.94. The lowest BCUT2D eigenvalue weighted by molar-refractivity contribution is 0.0999. The fourth-order valence-electron chi connectivity index (χ4n) is 2.30. The van der Waals surface area contributed by atoms with Crippen molar-refractivity contribution in [2.45, 2.75) is 52.0 Å². The average molecular weight is 220 g/mol. The topological polar surface area (TPSA) is 48.0 Å². The number of nitrogens with two attached hydrogens (primary N) is 1. The van der Waals surface area contributed by atoms with Crippen molar-refractivity contribution in [1.82, 2.24) is 4.57 Å². The molecule has 1 fully saturated rings. The first kappa shape index (κ1) is 11.2. The molecule has 1 saturated carbocycles. The molecule has 1 unspecified atom stereocenters. The highest BCUT2D eigenvalue weighted by Crippen LogP contribution is 2.40. The Balaban J connectivity index is 2.49. The maximum Gasteiger partial charge on any atom is 0.250 e. The Bertz CT molecular complexity index is 416. The van der Waals surface area contributed by atoms with E-state index < -0.39 is 0 Å². The molecular formula is C13H20N2O. The van der Waals surface area contributed by atoms with Crippen LogP contribution in [0.2, 0.25) is 0 Å².